The Labute approximate surface area is 109 Å². The van der Waals surface area contributed by atoms with E-state index in [0.29, 0.717) is 26.1 Å². The molecule has 2 amide bonds. The van der Waals surface area contributed by atoms with E-state index >= 15 is 0 Å². The lowest BCUT2D eigenvalue weighted by atomic mass is 10.1. The number of carbonyl (C=O) groups excluding carboxylic acids is 2. The highest BCUT2D eigenvalue weighted by atomic mass is 16.6. The molecule has 1 N–H and O–H groups in total. The average Bonchev–Trinajstić information content (AvgIpc) is 2.39. The number of likely N-dealkylation sites (tertiary alicyclic amines) is 1. The van der Waals surface area contributed by atoms with Crippen molar-refractivity contribution in [3.63, 3.8) is 0 Å². The van der Waals surface area contributed by atoms with E-state index in [1.54, 1.807) is 4.90 Å². The molecule has 1 rings (SSSR count). The van der Waals surface area contributed by atoms with Crippen LogP contribution < -0.4 is 5.32 Å². The Morgan fingerprint density at radius 2 is 1.94 bits per heavy atom. The van der Waals surface area contributed by atoms with E-state index in [4.69, 9.17) is 4.74 Å². The summed E-state index contributed by atoms with van der Waals surface area (Å²) in [5.41, 5.74) is 0. The van der Waals surface area contributed by atoms with E-state index in [1.165, 1.54) is 0 Å². The van der Waals surface area contributed by atoms with Gasteiger partial charge in [-0.05, 0) is 19.3 Å². The van der Waals surface area contributed by atoms with Gasteiger partial charge in [0, 0.05) is 25.6 Å². The molecule has 5 nitrogen and oxygen atoms in total. The van der Waals surface area contributed by atoms with Gasteiger partial charge < -0.3 is 15.0 Å². The normalized spacial score (nSPS) is 16.4. The molecule has 5 heteroatoms. The standard InChI is InChI=1S/C13H24N2O3/c1-3-5-10-18-13(17)15-8-6-11(7-9-15)14-12(16)4-2/h11H,3-10H2,1-2H3,(H,14,16). The summed E-state index contributed by atoms with van der Waals surface area (Å²) in [4.78, 5) is 24.7. The van der Waals surface area contributed by atoms with Gasteiger partial charge in [-0.15, -0.1) is 0 Å². The second kappa shape index (κ2) is 7.95. The molecule has 1 heterocycles. The zero-order valence-corrected chi connectivity index (χ0v) is 11.4. The van der Waals surface area contributed by atoms with Gasteiger partial charge in [0.25, 0.3) is 0 Å². The molecule has 1 saturated heterocycles. The maximum absolute atomic E-state index is 11.7. The first-order valence-corrected chi connectivity index (χ1v) is 6.88. The number of ether oxygens (including phenoxy) is 1. The molecular formula is C13H24N2O3. The van der Waals surface area contributed by atoms with E-state index in [2.05, 4.69) is 12.2 Å². The van der Waals surface area contributed by atoms with Gasteiger partial charge >= 0.3 is 6.09 Å². The van der Waals surface area contributed by atoms with Crippen molar-refractivity contribution in [3.8, 4) is 0 Å². The van der Waals surface area contributed by atoms with Crippen molar-refractivity contribution in [2.75, 3.05) is 19.7 Å². The van der Waals surface area contributed by atoms with Crippen LogP contribution in [0.3, 0.4) is 0 Å². The van der Waals surface area contributed by atoms with Crippen LogP contribution in [0.4, 0.5) is 4.79 Å². The number of nitrogens with one attached hydrogen (secondary N) is 1. The zero-order valence-electron chi connectivity index (χ0n) is 11.4. The van der Waals surface area contributed by atoms with Gasteiger partial charge in [0.2, 0.25) is 5.91 Å². The van der Waals surface area contributed by atoms with Crippen LogP contribution >= 0.6 is 0 Å². The molecule has 0 aromatic heterocycles. The molecule has 1 fully saturated rings. The van der Waals surface area contributed by atoms with E-state index in [1.807, 2.05) is 6.92 Å². The largest absolute Gasteiger partial charge is 0.449 e. The maximum Gasteiger partial charge on any atom is 0.409 e. The number of rotatable bonds is 5. The predicted molar refractivity (Wildman–Crippen MR) is 69.3 cm³/mol. The Balaban J connectivity index is 2.22. The highest BCUT2D eigenvalue weighted by molar-refractivity contribution is 5.75. The third-order valence-electron chi connectivity index (χ3n) is 3.16. The van der Waals surface area contributed by atoms with E-state index in [0.717, 1.165) is 25.7 Å². The monoisotopic (exact) mass is 256 g/mol. The number of carbonyl (C=O) groups is 2. The van der Waals surface area contributed by atoms with Crippen LogP contribution in [0.15, 0.2) is 0 Å². The second-order valence-electron chi connectivity index (χ2n) is 4.65. The minimum absolute atomic E-state index is 0.0824. The molecule has 18 heavy (non-hydrogen) atoms. The quantitative estimate of drug-likeness (QED) is 0.764. The van der Waals surface area contributed by atoms with Crippen LogP contribution in [0.25, 0.3) is 0 Å². The lowest BCUT2D eigenvalue weighted by molar-refractivity contribution is -0.121. The zero-order chi connectivity index (χ0) is 13.4. The van der Waals surface area contributed by atoms with E-state index in [-0.39, 0.29) is 18.0 Å². The number of nitrogens with zero attached hydrogens (tertiary/aromatic N) is 1. The molecule has 0 radical (unpaired) electrons. The van der Waals surface area contributed by atoms with Crippen molar-refractivity contribution in [1.82, 2.24) is 10.2 Å². The first-order chi connectivity index (χ1) is 8.67. The molecule has 0 unspecified atom stereocenters. The van der Waals surface area contributed by atoms with E-state index < -0.39 is 0 Å². The van der Waals surface area contributed by atoms with Gasteiger partial charge in [-0.1, -0.05) is 20.3 Å². The van der Waals surface area contributed by atoms with Crippen LogP contribution in [0.5, 0.6) is 0 Å². The third-order valence-corrected chi connectivity index (χ3v) is 3.16. The van der Waals surface area contributed by atoms with Crippen LogP contribution in [0.2, 0.25) is 0 Å². The Hall–Kier alpha value is -1.26. The summed E-state index contributed by atoms with van der Waals surface area (Å²) in [6.45, 7) is 5.74. The predicted octanol–water partition coefficient (Wildman–Crippen LogP) is 1.91. The van der Waals surface area contributed by atoms with Crippen molar-refractivity contribution < 1.29 is 14.3 Å². The lowest BCUT2D eigenvalue weighted by Gasteiger charge is -2.31. The first kappa shape index (κ1) is 14.8. The summed E-state index contributed by atoms with van der Waals surface area (Å²) in [6.07, 6.45) is 3.86. The van der Waals surface area contributed by atoms with Gasteiger partial charge in [0.05, 0.1) is 6.61 Å². The van der Waals surface area contributed by atoms with Gasteiger partial charge in [-0.3, -0.25) is 4.79 Å². The molecule has 0 aliphatic carbocycles. The Bertz CT molecular complexity index is 273. The fourth-order valence-electron chi connectivity index (χ4n) is 1.93. The summed E-state index contributed by atoms with van der Waals surface area (Å²) in [7, 11) is 0. The summed E-state index contributed by atoms with van der Waals surface area (Å²) >= 11 is 0. The van der Waals surface area contributed by atoms with Crippen molar-refractivity contribution in [3.05, 3.63) is 0 Å². The number of hydrogen-bond acceptors (Lipinski definition) is 3. The lowest BCUT2D eigenvalue weighted by Crippen LogP contribution is -2.46. The van der Waals surface area contributed by atoms with E-state index in [9.17, 15) is 9.59 Å². The smallest absolute Gasteiger partial charge is 0.409 e. The maximum atomic E-state index is 11.7. The van der Waals surface area contributed by atoms with Crippen molar-refractivity contribution in [2.45, 2.75) is 52.0 Å². The molecule has 0 spiro atoms. The molecule has 0 saturated carbocycles. The van der Waals surface area contributed by atoms with Gasteiger partial charge in [0.1, 0.15) is 0 Å². The third kappa shape index (κ3) is 4.94. The van der Waals surface area contributed by atoms with Gasteiger partial charge in [-0.25, -0.2) is 4.79 Å². The fraction of sp³-hybridized carbons (Fsp3) is 0.846. The molecule has 104 valence electrons. The van der Waals surface area contributed by atoms with Crippen LogP contribution in [-0.2, 0) is 9.53 Å². The highest BCUT2D eigenvalue weighted by Crippen LogP contribution is 2.11. The van der Waals surface area contributed by atoms with Gasteiger partial charge in [-0.2, -0.15) is 0 Å². The summed E-state index contributed by atoms with van der Waals surface area (Å²) in [5, 5.41) is 2.96. The molecule has 1 aliphatic rings. The summed E-state index contributed by atoms with van der Waals surface area (Å²) < 4.78 is 5.16. The summed E-state index contributed by atoms with van der Waals surface area (Å²) in [5.74, 6) is 0.0824. The molecule has 0 aromatic carbocycles. The average molecular weight is 256 g/mol. The number of amides is 2. The molecule has 0 atom stereocenters. The Kier molecular flexibility index (Phi) is 6.54. The minimum atomic E-state index is -0.219. The minimum Gasteiger partial charge on any atom is -0.449 e. The summed E-state index contributed by atoms with van der Waals surface area (Å²) in [6, 6.07) is 0.206. The molecule has 0 aromatic rings. The van der Waals surface area contributed by atoms with Crippen LogP contribution in [-0.4, -0.2) is 42.6 Å². The first-order valence-electron chi connectivity index (χ1n) is 6.88. The van der Waals surface area contributed by atoms with Crippen LogP contribution in [0, 0.1) is 0 Å². The Morgan fingerprint density at radius 3 is 2.50 bits per heavy atom. The van der Waals surface area contributed by atoms with Crippen LogP contribution in [0.1, 0.15) is 46.0 Å². The SMILES string of the molecule is CCCCOC(=O)N1CCC(NC(=O)CC)CC1. The molecule has 1 aliphatic heterocycles. The second-order valence-corrected chi connectivity index (χ2v) is 4.65. The fourth-order valence-corrected chi connectivity index (χ4v) is 1.93. The topological polar surface area (TPSA) is 58.6 Å². The van der Waals surface area contributed by atoms with Crippen molar-refractivity contribution in [1.29, 1.82) is 0 Å². The highest BCUT2D eigenvalue weighted by Gasteiger charge is 2.24. The molecular weight excluding hydrogens is 232 g/mol. The van der Waals surface area contributed by atoms with Gasteiger partial charge in [0.15, 0.2) is 0 Å². The van der Waals surface area contributed by atoms with Crippen molar-refractivity contribution in [2.24, 2.45) is 0 Å². The number of hydrogen-bond donors (Lipinski definition) is 1. The molecule has 0 bridgehead atoms. The van der Waals surface area contributed by atoms with Crippen molar-refractivity contribution >= 4 is 12.0 Å². The number of unbranched alkanes of at least 4 members (excludes halogenated alkanes) is 1. The number of piperidine rings is 1. The Morgan fingerprint density at radius 1 is 1.28 bits per heavy atom.